The van der Waals surface area contributed by atoms with Crippen LogP contribution in [0.1, 0.15) is 61.8 Å². The van der Waals surface area contributed by atoms with Crippen LogP contribution in [-0.4, -0.2) is 46.8 Å². The normalized spacial score (nSPS) is 22.3. The Labute approximate surface area is 137 Å². The van der Waals surface area contributed by atoms with Crippen LogP contribution < -0.4 is 0 Å². The van der Waals surface area contributed by atoms with Crippen molar-refractivity contribution >= 4 is 11.8 Å². The minimum Gasteiger partial charge on any atom is -0.456 e. The molecule has 1 aliphatic heterocycles. The van der Waals surface area contributed by atoms with Crippen LogP contribution in [0.5, 0.6) is 0 Å². The molecule has 1 aromatic rings. The summed E-state index contributed by atoms with van der Waals surface area (Å²) in [7, 11) is 0. The summed E-state index contributed by atoms with van der Waals surface area (Å²) < 4.78 is 5.46. The maximum absolute atomic E-state index is 12.5. The lowest BCUT2D eigenvalue weighted by Crippen LogP contribution is -2.49. The van der Waals surface area contributed by atoms with E-state index in [1.54, 1.807) is 13.0 Å². The van der Waals surface area contributed by atoms with Crippen LogP contribution in [0.3, 0.4) is 0 Å². The molecule has 23 heavy (non-hydrogen) atoms. The summed E-state index contributed by atoms with van der Waals surface area (Å²) in [6, 6.07) is 4.26. The molecule has 0 radical (unpaired) electrons. The average molecular weight is 318 g/mol. The molecule has 0 unspecified atom stereocenters. The Morgan fingerprint density at radius 3 is 2.35 bits per heavy atom. The zero-order valence-electron chi connectivity index (χ0n) is 14.1. The van der Waals surface area contributed by atoms with Gasteiger partial charge in [-0.25, -0.2) is 0 Å². The predicted molar refractivity (Wildman–Crippen MR) is 87.1 cm³/mol. The third-order valence-corrected chi connectivity index (χ3v) is 5.16. The van der Waals surface area contributed by atoms with Gasteiger partial charge in [-0.2, -0.15) is 0 Å². The van der Waals surface area contributed by atoms with Gasteiger partial charge in [0.25, 0.3) is 5.91 Å². The fourth-order valence-corrected chi connectivity index (χ4v) is 3.74. The lowest BCUT2D eigenvalue weighted by Gasteiger charge is -2.42. The number of aryl methyl sites for hydroxylation is 1. The summed E-state index contributed by atoms with van der Waals surface area (Å²) in [6.07, 6.45) is 6.27. The van der Waals surface area contributed by atoms with Gasteiger partial charge in [-0.15, -0.1) is 0 Å². The fraction of sp³-hybridized carbons (Fsp3) is 0.667. The Hall–Kier alpha value is -1.78. The Kier molecular flexibility index (Phi) is 4.74. The Balaban J connectivity index is 1.64. The minimum absolute atomic E-state index is 0.0308. The lowest BCUT2D eigenvalue weighted by atomic mass is 9.89. The van der Waals surface area contributed by atoms with Gasteiger partial charge in [0.1, 0.15) is 5.76 Å². The summed E-state index contributed by atoms with van der Waals surface area (Å²) in [5.41, 5.74) is 0. The largest absolute Gasteiger partial charge is 0.456 e. The number of likely N-dealkylation sites (tertiary alicyclic amines) is 1. The molecule has 126 valence electrons. The van der Waals surface area contributed by atoms with Crippen LogP contribution in [-0.2, 0) is 4.79 Å². The van der Waals surface area contributed by atoms with E-state index in [4.69, 9.17) is 4.42 Å². The van der Waals surface area contributed by atoms with Crippen LogP contribution in [0.15, 0.2) is 16.5 Å². The molecule has 2 aliphatic rings. The molecule has 2 amide bonds. The number of hydrogen-bond acceptors (Lipinski definition) is 3. The lowest BCUT2D eigenvalue weighted by molar-refractivity contribution is -0.136. The molecule has 1 aliphatic carbocycles. The highest BCUT2D eigenvalue weighted by molar-refractivity contribution is 5.91. The van der Waals surface area contributed by atoms with Crippen molar-refractivity contribution in [2.75, 3.05) is 13.1 Å². The summed E-state index contributed by atoms with van der Waals surface area (Å²) >= 11 is 0. The van der Waals surface area contributed by atoms with Gasteiger partial charge in [-0.05, 0) is 57.6 Å². The molecule has 5 nitrogen and oxygen atoms in total. The monoisotopic (exact) mass is 318 g/mol. The number of amides is 2. The van der Waals surface area contributed by atoms with Crippen molar-refractivity contribution in [3.05, 3.63) is 23.7 Å². The van der Waals surface area contributed by atoms with Crippen molar-refractivity contribution in [2.24, 2.45) is 0 Å². The molecule has 2 fully saturated rings. The number of hydrogen-bond donors (Lipinski definition) is 0. The molecule has 2 heterocycles. The van der Waals surface area contributed by atoms with Gasteiger partial charge in [-0.3, -0.25) is 9.59 Å². The number of carbonyl (C=O) groups is 2. The number of furan rings is 1. The quantitative estimate of drug-likeness (QED) is 0.861. The number of rotatable bonds is 3. The molecule has 0 spiro atoms. The molecule has 0 N–H and O–H groups in total. The van der Waals surface area contributed by atoms with Gasteiger partial charge in [0.2, 0.25) is 5.91 Å². The van der Waals surface area contributed by atoms with E-state index in [0.29, 0.717) is 18.3 Å². The maximum atomic E-state index is 12.5. The highest BCUT2D eigenvalue weighted by Crippen LogP contribution is 2.30. The van der Waals surface area contributed by atoms with E-state index in [9.17, 15) is 9.59 Å². The van der Waals surface area contributed by atoms with E-state index in [-0.39, 0.29) is 17.9 Å². The van der Waals surface area contributed by atoms with Gasteiger partial charge in [0, 0.05) is 32.1 Å². The van der Waals surface area contributed by atoms with E-state index >= 15 is 0 Å². The van der Waals surface area contributed by atoms with Crippen molar-refractivity contribution in [2.45, 2.75) is 64.5 Å². The van der Waals surface area contributed by atoms with Crippen molar-refractivity contribution in [3.63, 3.8) is 0 Å². The molecule has 1 atom stereocenters. The van der Waals surface area contributed by atoms with E-state index in [2.05, 4.69) is 4.90 Å². The summed E-state index contributed by atoms with van der Waals surface area (Å²) in [4.78, 5) is 28.6. The van der Waals surface area contributed by atoms with Gasteiger partial charge in [0.05, 0.1) is 0 Å². The van der Waals surface area contributed by atoms with Crippen molar-refractivity contribution in [1.82, 2.24) is 9.80 Å². The molecule has 5 heteroatoms. The van der Waals surface area contributed by atoms with Gasteiger partial charge in [-0.1, -0.05) is 0 Å². The fourth-order valence-electron chi connectivity index (χ4n) is 3.74. The van der Waals surface area contributed by atoms with Crippen molar-refractivity contribution in [3.8, 4) is 0 Å². The summed E-state index contributed by atoms with van der Waals surface area (Å²) in [5.74, 6) is 1.33. The van der Waals surface area contributed by atoms with Crippen LogP contribution >= 0.6 is 0 Å². The second-order valence-corrected chi connectivity index (χ2v) is 6.80. The van der Waals surface area contributed by atoms with Crippen LogP contribution in [0.4, 0.5) is 0 Å². The first kappa shape index (κ1) is 16.1. The Morgan fingerprint density at radius 1 is 1.09 bits per heavy atom. The van der Waals surface area contributed by atoms with Gasteiger partial charge in [0.15, 0.2) is 5.76 Å². The van der Waals surface area contributed by atoms with Crippen molar-refractivity contribution in [1.29, 1.82) is 0 Å². The predicted octanol–water partition coefficient (Wildman–Crippen LogP) is 2.98. The molecule has 0 aromatic carbocycles. The van der Waals surface area contributed by atoms with Crippen molar-refractivity contribution < 1.29 is 14.0 Å². The molecular formula is C18H26N2O3. The first-order chi connectivity index (χ1) is 11.1. The van der Waals surface area contributed by atoms with E-state index in [1.807, 2.05) is 17.9 Å². The highest BCUT2D eigenvalue weighted by Gasteiger charge is 2.34. The molecule has 3 rings (SSSR count). The van der Waals surface area contributed by atoms with E-state index in [0.717, 1.165) is 44.4 Å². The average Bonchev–Trinajstić information content (AvgIpc) is 2.76. The third-order valence-electron chi connectivity index (χ3n) is 5.16. The first-order valence-corrected chi connectivity index (χ1v) is 8.71. The Morgan fingerprint density at radius 2 is 1.78 bits per heavy atom. The highest BCUT2D eigenvalue weighted by atomic mass is 16.3. The second-order valence-electron chi connectivity index (χ2n) is 6.80. The molecule has 0 bridgehead atoms. The minimum atomic E-state index is -0.0308. The summed E-state index contributed by atoms with van der Waals surface area (Å²) in [5, 5.41) is 0. The zero-order valence-corrected chi connectivity index (χ0v) is 14.1. The molecule has 1 saturated heterocycles. The maximum Gasteiger partial charge on any atom is 0.289 e. The Bertz CT molecular complexity index is 577. The van der Waals surface area contributed by atoms with Crippen LogP contribution in [0.2, 0.25) is 0 Å². The first-order valence-electron chi connectivity index (χ1n) is 8.71. The van der Waals surface area contributed by atoms with E-state index < -0.39 is 0 Å². The second kappa shape index (κ2) is 6.77. The SMILES string of the molecule is CC(=O)N(C1CCC1)[C@@H]1CCCN(C(=O)c2ccc(C)o2)CC1. The molecule has 1 aromatic heterocycles. The molecular weight excluding hydrogens is 292 g/mol. The van der Waals surface area contributed by atoms with Gasteiger partial charge >= 0.3 is 0 Å². The van der Waals surface area contributed by atoms with Crippen LogP contribution in [0, 0.1) is 6.92 Å². The number of nitrogens with zero attached hydrogens (tertiary/aromatic N) is 2. The van der Waals surface area contributed by atoms with E-state index in [1.165, 1.54) is 6.42 Å². The topological polar surface area (TPSA) is 53.8 Å². The zero-order chi connectivity index (χ0) is 16.4. The number of carbonyl (C=O) groups excluding carboxylic acids is 2. The van der Waals surface area contributed by atoms with Gasteiger partial charge < -0.3 is 14.2 Å². The molecule has 1 saturated carbocycles. The third kappa shape index (κ3) is 3.43. The smallest absolute Gasteiger partial charge is 0.289 e. The van der Waals surface area contributed by atoms with Crippen LogP contribution in [0.25, 0.3) is 0 Å². The summed E-state index contributed by atoms with van der Waals surface area (Å²) in [6.45, 7) is 4.96. The standard InChI is InChI=1S/C18H26N2O3/c1-13-8-9-17(23-13)18(22)19-11-4-7-16(10-12-19)20(14(2)21)15-5-3-6-15/h8-9,15-16H,3-7,10-12H2,1-2H3/t16-/m1/s1.